The molecule has 0 unspecified atom stereocenters. The summed E-state index contributed by atoms with van der Waals surface area (Å²) in [6, 6.07) is 13.6. The van der Waals surface area contributed by atoms with Crippen molar-refractivity contribution >= 4 is 0 Å². The van der Waals surface area contributed by atoms with Crippen molar-refractivity contribution in [2.45, 2.75) is 32.1 Å². The molecule has 91 valence electrons. The maximum absolute atomic E-state index is 2.37. The molecule has 4 rings (SSSR count). The van der Waals surface area contributed by atoms with Gasteiger partial charge in [0.05, 0.1) is 0 Å². The fourth-order valence-corrected chi connectivity index (χ4v) is 3.49. The Kier molecular flexibility index (Phi) is 2.71. The van der Waals surface area contributed by atoms with Crippen LogP contribution >= 0.6 is 0 Å². The third-order valence-corrected chi connectivity index (χ3v) is 4.33. The van der Waals surface area contributed by atoms with Gasteiger partial charge < -0.3 is 0 Å². The van der Waals surface area contributed by atoms with E-state index in [1.54, 1.807) is 16.7 Å². The van der Waals surface area contributed by atoms with Gasteiger partial charge in [-0.1, -0.05) is 36.4 Å². The molecule has 1 N–H and O–H groups in total. The topological polar surface area (TPSA) is 30.0 Å². The molecule has 1 heteroatoms. The van der Waals surface area contributed by atoms with Gasteiger partial charge in [0.2, 0.25) is 0 Å². The molecule has 2 aromatic rings. The second-order valence-electron chi connectivity index (χ2n) is 5.27. The van der Waals surface area contributed by atoms with Crippen molar-refractivity contribution in [3.05, 3.63) is 58.7 Å². The lowest BCUT2D eigenvalue weighted by Crippen LogP contribution is -2.05. The Bertz CT molecular complexity index is 599. The number of hydrogen-bond acceptors (Lipinski definition) is 0. The van der Waals surface area contributed by atoms with E-state index in [1.165, 1.54) is 42.4 Å². The molecule has 2 aliphatic carbocycles. The van der Waals surface area contributed by atoms with E-state index in [-0.39, 0.29) is 5.48 Å². The molecule has 1 radical (unpaired) electrons. The maximum atomic E-state index is 2.37. The summed E-state index contributed by atoms with van der Waals surface area (Å²) in [5.74, 6) is 0. The van der Waals surface area contributed by atoms with Crippen LogP contribution in [0.3, 0.4) is 0 Å². The van der Waals surface area contributed by atoms with Gasteiger partial charge in [-0.25, -0.2) is 0 Å². The van der Waals surface area contributed by atoms with Gasteiger partial charge in [-0.15, -0.1) is 0 Å². The minimum atomic E-state index is 0. The molecule has 18 heavy (non-hydrogen) atoms. The molecule has 0 fully saturated rings. The van der Waals surface area contributed by atoms with Crippen LogP contribution in [0.5, 0.6) is 0 Å². The molecule has 0 atom stereocenters. The van der Waals surface area contributed by atoms with E-state index in [4.69, 9.17) is 0 Å². The predicted molar refractivity (Wildman–Crippen MR) is 73.3 cm³/mol. The van der Waals surface area contributed by atoms with E-state index in [0.29, 0.717) is 0 Å². The second-order valence-corrected chi connectivity index (χ2v) is 5.27. The molecule has 0 bridgehead atoms. The molecule has 0 saturated heterocycles. The maximum Gasteiger partial charge on any atom is -0.00106 e. The summed E-state index contributed by atoms with van der Waals surface area (Å²) < 4.78 is 0. The number of benzene rings is 2. The van der Waals surface area contributed by atoms with Crippen LogP contribution in [0.1, 0.15) is 35.1 Å². The third-order valence-electron chi connectivity index (χ3n) is 4.33. The highest BCUT2D eigenvalue weighted by molar-refractivity contribution is 5.78. The van der Waals surface area contributed by atoms with Gasteiger partial charge >= 0.3 is 0 Å². The summed E-state index contributed by atoms with van der Waals surface area (Å²) in [7, 11) is 0. The molecule has 0 saturated carbocycles. The van der Waals surface area contributed by atoms with Crippen LogP contribution in [0.15, 0.2) is 36.4 Å². The smallest absolute Gasteiger partial charge is 0.00106 e. The van der Waals surface area contributed by atoms with Crippen LogP contribution in [0.25, 0.3) is 11.1 Å². The van der Waals surface area contributed by atoms with Gasteiger partial charge in [-0.3, -0.25) is 5.48 Å². The van der Waals surface area contributed by atoms with Crippen molar-refractivity contribution in [2.75, 3.05) is 0 Å². The number of fused-ring (bicyclic) bond motifs is 5. The average molecular weight is 237 g/mol. The van der Waals surface area contributed by atoms with Crippen molar-refractivity contribution in [1.29, 1.82) is 0 Å². The molecule has 0 aromatic heterocycles. The van der Waals surface area contributed by atoms with Crippen LogP contribution in [0.4, 0.5) is 0 Å². The fourth-order valence-electron chi connectivity index (χ4n) is 3.49. The lowest BCUT2D eigenvalue weighted by atomic mass is 9.86. The Morgan fingerprint density at radius 3 is 2.44 bits per heavy atom. The van der Waals surface area contributed by atoms with Crippen molar-refractivity contribution in [3.8, 4) is 11.1 Å². The first-order valence-corrected chi connectivity index (χ1v) is 6.65. The Morgan fingerprint density at radius 2 is 1.50 bits per heavy atom. The highest BCUT2D eigenvalue weighted by Crippen LogP contribution is 2.40. The summed E-state index contributed by atoms with van der Waals surface area (Å²) in [6.45, 7) is 0. The van der Waals surface area contributed by atoms with E-state index in [2.05, 4.69) is 36.4 Å². The SMILES string of the molecule is [OH].c1ccc2c(c1)Cc1c-2ccc2c1CCCC2. The second kappa shape index (κ2) is 4.25. The van der Waals surface area contributed by atoms with E-state index < -0.39 is 0 Å². The number of rotatable bonds is 0. The van der Waals surface area contributed by atoms with Crippen LogP contribution in [-0.2, 0) is 19.3 Å². The van der Waals surface area contributed by atoms with E-state index >= 15 is 0 Å². The van der Waals surface area contributed by atoms with E-state index in [9.17, 15) is 0 Å². The predicted octanol–water partition coefficient (Wildman–Crippen LogP) is 3.96. The molecule has 0 amide bonds. The van der Waals surface area contributed by atoms with Gasteiger partial charge in [0.1, 0.15) is 0 Å². The fraction of sp³-hybridized carbons (Fsp3) is 0.294. The standard InChI is InChI=1S/C17H16.HO/c1-3-7-14-12(5-1)9-10-16-15-8-4-2-6-13(15)11-17(14)16;/h2,4,6,8-10H,1,3,5,7,11H2;1H. The Balaban J connectivity index is 0.000001000. The largest absolute Gasteiger partial charge is 0.255 e. The van der Waals surface area contributed by atoms with Crippen molar-refractivity contribution in [3.63, 3.8) is 0 Å². The van der Waals surface area contributed by atoms with Gasteiger partial charge in [-0.05, 0) is 65.5 Å². The molecule has 2 aromatic carbocycles. The third kappa shape index (κ3) is 1.51. The summed E-state index contributed by atoms with van der Waals surface area (Å²) in [6.07, 6.45) is 6.50. The minimum absolute atomic E-state index is 0. The average Bonchev–Trinajstić information content (AvgIpc) is 2.78. The number of aryl methyl sites for hydroxylation is 1. The van der Waals surface area contributed by atoms with Crippen molar-refractivity contribution < 1.29 is 5.48 Å². The van der Waals surface area contributed by atoms with Gasteiger partial charge in [0.15, 0.2) is 0 Å². The normalized spacial score (nSPS) is 15.3. The van der Waals surface area contributed by atoms with Crippen molar-refractivity contribution in [2.24, 2.45) is 0 Å². The molecule has 1 nitrogen and oxygen atoms in total. The van der Waals surface area contributed by atoms with Gasteiger partial charge in [0.25, 0.3) is 0 Å². The molecular weight excluding hydrogens is 220 g/mol. The minimum Gasteiger partial charge on any atom is -0.255 e. The lowest BCUT2D eigenvalue weighted by molar-refractivity contribution is 0.681. The number of hydrogen-bond donors (Lipinski definition) is 1. The van der Waals surface area contributed by atoms with Gasteiger partial charge in [0, 0.05) is 0 Å². The summed E-state index contributed by atoms with van der Waals surface area (Å²) in [5, 5.41) is 0. The molecule has 0 heterocycles. The Morgan fingerprint density at radius 1 is 0.667 bits per heavy atom. The van der Waals surface area contributed by atoms with E-state index in [1.807, 2.05) is 0 Å². The highest BCUT2D eigenvalue weighted by Gasteiger charge is 2.23. The molecule has 2 aliphatic rings. The molecule has 0 spiro atoms. The monoisotopic (exact) mass is 237 g/mol. The Hall–Kier alpha value is -1.60. The van der Waals surface area contributed by atoms with Crippen LogP contribution in [0, 0.1) is 0 Å². The summed E-state index contributed by atoms with van der Waals surface area (Å²) in [4.78, 5) is 0. The zero-order chi connectivity index (χ0) is 11.2. The first-order chi connectivity index (χ1) is 8.43. The zero-order valence-electron chi connectivity index (χ0n) is 10.4. The first-order valence-electron chi connectivity index (χ1n) is 6.65. The summed E-state index contributed by atoms with van der Waals surface area (Å²) >= 11 is 0. The van der Waals surface area contributed by atoms with Crippen LogP contribution in [-0.4, -0.2) is 5.48 Å². The quantitative estimate of drug-likeness (QED) is 0.613. The van der Waals surface area contributed by atoms with E-state index in [0.717, 1.165) is 6.42 Å². The van der Waals surface area contributed by atoms with Crippen molar-refractivity contribution in [1.82, 2.24) is 0 Å². The van der Waals surface area contributed by atoms with Crippen LogP contribution < -0.4 is 0 Å². The molecular formula is C17H17O. The zero-order valence-corrected chi connectivity index (χ0v) is 10.4. The van der Waals surface area contributed by atoms with Crippen LogP contribution in [0.2, 0.25) is 0 Å². The lowest BCUT2D eigenvalue weighted by Gasteiger charge is -2.19. The first kappa shape index (κ1) is 11.5. The Labute approximate surface area is 108 Å². The van der Waals surface area contributed by atoms with Gasteiger partial charge in [-0.2, -0.15) is 0 Å². The summed E-state index contributed by atoms with van der Waals surface area (Å²) in [5.41, 5.74) is 9.40. The molecule has 0 aliphatic heterocycles. The highest BCUT2D eigenvalue weighted by atomic mass is 16.0.